The van der Waals surface area contributed by atoms with Crippen LogP contribution in [0.1, 0.15) is 17.4 Å². The molecule has 1 fully saturated rings. The van der Waals surface area contributed by atoms with Crippen molar-refractivity contribution in [3.8, 4) is 11.3 Å². The predicted octanol–water partition coefficient (Wildman–Crippen LogP) is 2.86. The van der Waals surface area contributed by atoms with Crippen LogP contribution in [0.2, 0.25) is 0 Å². The molecule has 1 saturated heterocycles. The summed E-state index contributed by atoms with van der Waals surface area (Å²) in [6, 6.07) is 2.45. The number of nitro benzene ring substituents is 1. The van der Waals surface area contributed by atoms with Gasteiger partial charge in [-0.3, -0.25) is 10.1 Å². The molecule has 8 nitrogen and oxygen atoms in total. The van der Waals surface area contributed by atoms with Crippen LogP contribution in [-0.4, -0.2) is 41.1 Å². The van der Waals surface area contributed by atoms with Crippen LogP contribution in [0.5, 0.6) is 0 Å². The SMILES string of the molecule is COC(=O)N1CC(c2nc(-c3cc(F)c(C)c([N+](=O)[O-])c3)co2)C1. The maximum absolute atomic E-state index is 13.9. The first-order valence-corrected chi connectivity index (χ1v) is 7.14. The highest BCUT2D eigenvalue weighted by atomic mass is 19.1. The van der Waals surface area contributed by atoms with E-state index in [0.717, 1.165) is 0 Å². The quantitative estimate of drug-likeness (QED) is 0.632. The van der Waals surface area contributed by atoms with Crippen molar-refractivity contribution in [2.24, 2.45) is 0 Å². The number of hydrogen-bond acceptors (Lipinski definition) is 6. The molecule has 126 valence electrons. The van der Waals surface area contributed by atoms with Crippen LogP contribution in [-0.2, 0) is 4.74 Å². The number of rotatable bonds is 3. The highest BCUT2D eigenvalue weighted by Gasteiger charge is 2.35. The Balaban J connectivity index is 1.82. The Morgan fingerprint density at radius 3 is 2.83 bits per heavy atom. The summed E-state index contributed by atoms with van der Waals surface area (Å²) < 4.78 is 23.9. The molecule has 2 heterocycles. The minimum absolute atomic E-state index is 0.0276. The van der Waals surface area contributed by atoms with Crippen molar-refractivity contribution in [3.05, 3.63) is 45.8 Å². The van der Waals surface area contributed by atoms with Gasteiger partial charge in [-0.2, -0.15) is 0 Å². The predicted molar refractivity (Wildman–Crippen MR) is 80.0 cm³/mol. The number of nitrogens with zero attached hydrogens (tertiary/aromatic N) is 3. The van der Waals surface area contributed by atoms with Gasteiger partial charge in [-0.1, -0.05) is 0 Å². The lowest BCUT2D eigenvalue weighted by Gasteiger charge is -2.35. The number of benzene rings is 1. The first-order chi connectivity index (χ1) is 11.4. The summed E-state index contributed by atoms with van der Waals surface area (Å²) in [4.78, 5) is 27.4. The van der Waals surface area contributed by atoms with Crippen LogP contribution in [0.3, 0.4) is 0 Å². The van der Waals surface area contributed by atoms with E-state index in [1.165, 1.54) is 37.3 Å². The van der Waals surface area contributed by atoms with Gasteiger partial charge in [-0.15, -0.1) is 0 Å². The van der Waals surface area contributed by atoms with E-state index in [4.69, 9.17) is 4.42 Å². The Hall–Kier alpha value is -2.97. The van der Waals surface area contributed by atoms with E-state index in [1.54, 1.807) is 0 Å². The monoisotopic (exact) mass is 335 g/mol. The fourth-order valence-corrected chi connectivity index (χ4v) is 2.52. The smallest absolute Gasteiger partial charge is 0.409 e. The van der Waals surface area contributed by atoms with E-state index in [1.807, 2.05) is 0 Å². The molecular formula is C15H14FN3O5. The van der Waals surface area contributed by atoms with Gasteiger partial charge in [0, 0.05) is 24.7 Å². The third-order valence-electron chi connectivity index (χ3n) is 3.99. The summed E-state index contributed by atoms with van der Waals surface area (Å²) in [5.41, 5.74) is 0.239. The summed E-state index contributed by atoms with van der Waals surface area (Å²) >= 11 is 0. The molecule has 0 bridgehead atoms. The molecule has 1 aliphatic rings. The second-order valence-electron chi connectivity index (χ2n) is 5.50. The molecule has 0 saturated carbocycles. The molecule has 0 spiro atoms. The second-order valence-corrected chi connectivity index (χ2v) is 5.50. The molecule has 1 aromatic carbocycles. The van der Waals surface area contributed by atoms with Crippen LogP contribution in [0.4, 0.5) is 14.9 Å². The zero-order chi connectivity index (χ0) is 17.4. The number of likely N-dealkylation sites (tertiary alicyclic amines) is 1. The van der Waals surface area contributed by atoms with Gasteiger partial charge < -0.3 is 14.1 Å². The molecular weight excluding hydrogens is 321 g/mol. The Morgan fingerprint density at radius 1 is 1.50 bits per heavy atom. The number of nitro groups is 1. The Kier molecular flexibility index (Phi) is 3.92. The van der Waals surface area contributed by atoms with E-state index >= 15 is 0 Å². The lowest BCUT2D eigenvalue weighted by atomic mass is 10.0. The third-order valence-corrected chi connectivity index (χ3v) is 3.99. The standard InChI is InChI=1S/C15H14FN3O5/c1-8-11(16)3-9(4-13(8)19(21)22)12-7-24-14(17-12)10-5-18(6-10)15(20)23-2/h3-4,7,10H,5-6H2,1-2H3. The van der Waals surface area contributed by atoms with Gasteiger partial charge in [0.2, 0.25) is 5.89 Å². The minimum atomic E-state index is -0.677. The summed E-state index contributed by atoms with van der Waals surface area (Å²) in [7, 11) is 1.30. The van der Waals surface area contributed by atoms with Gasteiger partial charge in [-0.05, 0) is 13.0 Å². The van der Waals surface area contributed by atoms with E-state index in [2.05, 4.69) is 9.72 Å². The first-order valence-electron chi connectivity index (χ1n) is 7.14. The van der Waals surface area contributed by atoms with Gasteiger partial charge in [0.1, 0.15) is 17.8 Å². The zero-order valence-corrected chi connectivity index (χ0v) is 13.0. The topological polar surface area (TPSA) is 98.7 Å². The van der Waals surface area contributed by atoms with Gasteiger partial charge in [0.25, 0.3) is 5.69 Å². The molecule has 24 heavy (non-hydrogen) atoms. The molecule has 9 heteroatoms. The first kappa shape index (κ1) is 15.9. The van der Waals surface area contributed by atoms with E-state index < -0.39 is 16.8 Å². The van der Waals surface area contributed by atoms with Crippen molar-refractivity contribution in [1.29, 1.82) is 0 Å². The highest BCUT2D eigenvalue weighted by Crippen LogP contribution is 2.32. The number of oxazole rings is 1. The molecule has 0 radical (unpaired) electrons. The van der Waals surface area contributed by atoms with Crippen molar-refractivity contribution >= 4 is 11.8 Å². The van der Waals surface area contributed by atoms with Gasteiger partial charge in [-0.25, -0.2) is 14.2 Å². The normalized spacial score (nSPS) is 14.4. The van der Waals surface area contributed by atoms with E-state index in [9.17, 15) is 19.3 Å². The molecule has 1 aromatic heterocycles. The minimum Gasteiger partial charge on any atom is -0.453 e. The number of methoxy groups -OCH3 is 1. The van der Waals surface area contributed by atoms with Gasteiger partial charge in [0.15, 0.2) is 0 Å². The second kappa shape index (κ2) is 5.91. The molecule has 1 amide bonds. The molecule has 3 rings (SSSR count). The Morgan fingerprint density at radius 2 is 2.21 bits per heavy atom. The van der Waals surface area contributed by atoms with Crippen molar-refractivity contribution in [3.63, 3.8) is 0 Å². The molecule has 0 atom stereocenters. The lowest BCUT2D eigenvalue weighted by molar-refractivity contribution is -0.385. The van der Waals surface area contributed by atoms with E-state index in [-0.39, 0.29) is 22.7 Å². The summed E-state index contributed by atoms with van der Waals surface area (Å²) in [6.45, 7) is 2.17. The average molecular weight is 335 g/mol. The maximum Gasteiger partial charge on any atom is 0.409 e. The maximum atomic E-state index is 13.9. The zero-order valence-electron chi connectivity index (χ0n) is 13.0. The van der Waals surface area contributed by atoms with Crippen molar-refractivity contribution in [1.82, 2.24) is 9.88 Å². The average Bonchev–Trinajstić information content (AvgIpc) is 2.97. The fourth-order valence-electron chi connectivity index (χ4n) is 2.52. The molecule has 0 unspecified atom stereocenters. The molecule has 0 aliphatic carbocycles. The Labute approximate surface area is 136 Å². The Bertz CT molecular complexity index is 813. The van der Waals surface area contributed by atoms with Gasteiger partial charge in [0.05, 0.1) is 23.5 Å². The fraction of sp³-hybridized carbons (Fsp3) is 0.333. The number of aromatic nitrogens is 1. The van der Waals surface area contributed by atoms with Crippen LogP contribution < -0.4 is 0 Å². The van der Waals surface area contributed by atoms with Crippen molar-refractivity contribution in [2.45, 2.75) is 12.8 Å². The van der Waals surface area contributed by atoms with Crippen LogP contribution >= 0.6 is 0 Å². The van der Waals surface area contributed by atoms with E-state index in [0.29, 0.717) is 24.7 Å². The number of ether oxygens (including phenoxy) is 1. The number of halogens is 1. The van der Waals surface area contributed by atoms with Crippen LogP contribution in [0.15, 0.2) is 22.8 Å². The van der Waals surface area contributed by atoms with Gasteiger partial charge >= 0.3 is 6.09 Å². The summed E-state index contributed by atoms with van der Waals surface area (Å²) in [5.74, 6) is -0.360. The largest absolute Gasteiger partial charge is 0.453 e. The number of carbonyl (C=O) groups is 1. The number of amides is 1. The van der Waals surface area contributed by atoms with Crippen molar-refractivity contribution < 1.29 is 23.3 Å². The number of hydrogen-bond donors (Lipinski definition) is 0. The van der Waals surface area contributed by atoms with Crippen LogP contribution in [0.25, 0.3) is 11.3 Å². The van der Waals surface area contributed by atoms with Crippen molar-refractivity contribution in [2.75, 3.05) is 20.2 Å². The number of carbonyl (C=O) groups excluding carboxylic acids is 1. The molecule has 2 aromatic rings. The van der Waals surface area contributed by atoms with Crippen LogP contribution in [0, 0.1) is 22.9 Å². The molecule has 1 aliphatic heterocycles. The highest BCUT2D eigenvalue weighted by molar-refractivity contribution is 5.69. The third kappa shape index (κ3) is 2.68. The lowest BCUT2D eigenvalue weighted by Crippen LogP contribution is -2.48. The summed E-state index contributed by atoms with van der Waals surface area (Å²) in [6.07, 6.45) is 0.901. The summed E-state index contributed by atoms with van der Waals surface area (Å²) in [5, 5.41) is 11.0. The molecule has 0 N–H and O–H groups in total.